The molecule has 0 aliphatic rings. The topological polar surface area (TPSA) is 123 Å². The van der Waals surface area contributed by atoms with Crippen molar-refractivity contribution in [3.63, 3.8) is 0 Å². The molecule has 14 heavy (non-hydrogen) atoms. The van der Waals surface area contributed by atoms with E-state index in [1.54, 1.807) is 0 Å². The van der Waals surface area contributed by atoms with Gasteiger partial charge >= 0.3 is 86.1 Å². The Kier molecular flexibility index (Phi) is 584000. The SMILES string of the molecule is [C-]#N.[C-]#[O+].[C-]#[O+].[C-]#[O+].[C-]#[O+].[C-]#[O+].[Mo].[Na+]. The van der Waals surface area contributed by atoms with E-state index in [4.69, 9.17) is 35.1 Å². The van der Waals surface area contributed by atoms with E-state index in [9.17, 15) is 0 Å². The summed E-state index contributed by atoms with van der Waals surface area (Å²) >= 11 is 0. The molecule has 0 bridgehead atoms. The molecule has 0 unspecified atom stereocenters. The molecule has 0 saturated carbocycles. The minimum absolute atomic E-state index is 0. The van der Waals surface area contributed by atoms with Crippen molar-refractivity contribution in [1.82, 2.24) is 0 Å². The molecule has 0 aliphatic heterocycles. The molecule has 0 aromatic carbocycles. The van der Waals surface area contributed by atoms with Gasteiger partial charge in [-0.25, -0.2) is 0 Å². The molecule has 0 amide bonds. The first-order valence-corrected chi connectivity index (χ1v) is 1.24. The molecular formula is C6MoNNaO5. The van der Waals surface area contributed by atoms with Gasteiger partial charge < -0.3 is 11.8 Å². The van der Waals surface area contributed by atoms with Crippen LogP contribution < -0.4 is 29.6 Å². The van der Waals surface area contributed by atoms with E-state index in [1.807, 2.05) is 0 Å². The summed E-state index contributed by atoms with van der Waals surface area (Å²) in [4.78, 5) is 0. The molecule has 8 heteroatoms. The molecule has 0 fully saturated rings. The van der Waals surface area contributed by atoms with Gasteiger partial charge in [0.1, 0.15) is 0 Å². The van der Waals surface area contributed by atoms with Gasteiger partial charge in [0.15, 0.2) is 0 Å². The standard InChI is InChI=1S/CN.5CO.Mo.Na/c6*1-2;;/q-1;;;;;;;+1. The first kappa shape index (κ1) is 66.6. The van der Waals surface area contributed by atoms with Crippen molar-refractivity contribution in [2.24, 2.45) is 0 Å². The molecule has 0 saturated heterocycles. The summed E-state index contributed by atoms with van der Waals surface area (Å²) in [6.07, 6.45) is 0. The molecule has 0 aromatic rings. The van der Waals surface area contributed by atoms with Crippen molar-refractivity contribution in [3.05, 3.63) is 39.8 Å². The molecule has 66 valence electrons. The van der Waals surface area contributed by atoms with Crippen molar-refractivity contribution in [1.29, 1.82) is 5.26 Å². The zero-order chi connectivity index (χ0) is 12.0. The van der Waals surface area contributed by atoms with Crippen LogP contribution in [0.1, 0.15) is 0 Å². The minimum Gasteiger partial charge on any atom is 0 e. The van der Waals surface area contributed by atoms with Crippen LogP contribution in [0.15, 0.2) is 0 Å². The van der Waals surface area contributed by atoms with E-state index in [-0.39, 0.29) is 50.6 Å². The fourth-order valence-electron chi connectivity index (χ4n) is 0. The van der Waals surface area contributed by atoms with Crippen molar-refractivity contribution in [2.75, 3.05) is 0 Å². The van der Waals surface area contributed by atoms with Gasteiger partial charge in [-0.05, 0) is 0 Å². The Bertz CT molecular complexity index is 101. The first-order chi connectivity index (χ1) is 6.00. The zero-order valence-electron chi connectivity index (χ0n) is 6.90. The average molecular weight is 285 g/mol. The van der Waals surface area contributed by atoms with Crippen molar-refractivity contribution in [3.8, 4) is 0 Å². The molecule has 0 rings (SSSR count). The molecule has 0 radical (unpaired) electrons. The van der Waals surface area contributed by atoms with Gasteiger partial charge in [0.2, 0.25) is 0 Å². The third-order valence-electron chi connectivity index (χ3n) is 0. The molecule has 0 aliphatic carbocycles. The van der Waals surface area contributed by atoms with Crippen molar-refractivity contribution < 1.29 is 73.9 Å². The molecule has 0 aromatic heterocycles. The predicted molar refractivity (Wildman–Crippen MR) is 24.6 cm³/mol. The summed E-state index contributed by atoms with van der Waals surface area (Å²) < 4.78 is 37.5. The van der Waals surface area contributed by atoms with E-state index >= 15 is 0 Å². The summed E-state index contributed by atoms with van der Waals surface area (Å²) in [7, 11) is 0. The van der Waals surface area contributed by atoms with Crippen LogP contribution in [0.5, 0.6) is 0 Å². The Morgan fingerprint density at radius 2 is 0.500 bits per heavy atom. The summed E-state index contributed by atoms with van der Waals surface area (Å²) in [5, 5.41) is 6.25. The maximum atomic E-state index is 7.50. The van der Waals surface area contributed by atoms with Crippen LogP contribution in [0, 0.1) is 45.1 Å². The van der Waals surface area contributed by atoms with Crippen LogP contribution in [0.25, 0.3) is 0 Å². The van der Waals surface area contributed by atoms with Crippen molar-refractivity contribution >= 4 is 0 Å². The van der Waals surface area contributed by atoms with Gasteiger partial charge in [-0.15, -0.1) is 0 Å². The molecule has 0 atom stereocenters. The number of rotatable bonds is 0. The minimum atomic E-state index is 0. The summed E-state index contributed by atoms with van der Waals surface area (Å²) in [5.41, 5.74) is 0. The van der Waals surface area contributed by atoms with E-state index in [0.717, 1.165) is 0 Å². The van der Waals surface area contributed by atoms with Crippen molar-refractivity contribution in [2.45, 2.75) is 0 Å². The Morgan fingerprint density at radius 3 is 0.500 bits per heavy atom. The Hall–Kier alpha value is -0.122. The van der Waals surface area contributed by atoms with E-state index in [0.29, 0.717) is 0 Å². The van der Waals surface area contributed by atoms with Gasteiger partial charge in [0.05, 0.1) is 0 Å². The normalized spacial score (nSPS) is 0.857. The zero-order valence-corrected chi connectivity index (χ0v) is 10.9. The number of nitrogens with zero attached hydrogens (tertiary/aromatic N) is 1. The summed E-state index contributed by atoms with van der Waals surface area (Å²) in [6, 6.07) is 0. The Balaban J connectivity index is -0.00000000500. The van der Waals surface area contributed by atoms with Crippen LogP contribution in [0.4, 0.5) is 0 Å². The first-order valence-electron chi connectivity index (χ1n) is 1.24. The van der Waals surface area contributed by atoms with Crippen LogP contribution in [0.2, 0.25) is 0 Å². The molecule has 0 N–H and O–H groups in total. The van der Waals surface area contributed by atoms with Gasteiger partial charge in [-0.2, -0.15) is 0 Å². The second kappa shape index (κ2) is 123000. The predicted octanol–water partition coefficient (Wildman–Crippen LogP) is -3.09. The number of hydrogen-bond donors (Lipinski definition) is 0. The third kappa shape index (κ3) is 94900. The second-order valence-electron chi connectivity index (χ2n) is 0. The monoisotopic (exact) mass is 287 g/mol. The quantitative estimate of drug-likeness (QED) is 0.261. The maximum Gasteiger partial charge on any atom is 1.00 e. The summed E-state index contributed by atoms with van der Waals surface area (Å²) in [6.45, 7) is 27.2. The van der Waals surface area contributed by atoms with E-state index in [2.05, 4.69) is 33.3 Å². The fraction of sp³-hybridized carbons (Fsp3) is 0. The van der Waals surface area contributed by atoms with Gasteiger partial charge in [-0.1, -0.05) is 0 Å². The van der Waals surface area contributed by atoms with E-state index < -0.39 is 0 Å². The number of hydrogen-bond acceptors (Lipinski definition) is 1. The van der Waals surface area contributed by atoms with E-state index in [1.165, 1.54) is 0 Å². The fourth-order valence-corrected chi connectivity index (χ4v) is 0. The molecule has 0 spiro atoms. The maximum absolute atomic E-state index is 7.50. The molecular weight excluding hydrogens is 285 g/mol. The van der Waals surface area contributed by atoms with Gasteiger partial charge in [0, 0.05) is 21.1 Å². The smallest absolute Gasteiger partial charge is 0 e. The van der Waals surface area contributed by atoms with Crippen LogP contribution in [-0.4, -0.2) is 0 Å². The molecule has 6 nitrogen and oxygen atoms in total. The van der Waals surface area contributed by atoms with Gasteiger partial charge in [-0.3, -0.25) is 0 Å². The largest absolute Gasteiger partial charge is 1.00 e. The van der Waals surface area contributed by atoms with Crippen LogP contribution in [-0.2, 0) is 44.3 Å². The van der Waals surface area contributed by atoms with Crippen LogP contribution >= 0.6 is 0 Å². The average Bonchev–Trinajstić information content (AvgIpc) is 2.33. The van der Waals surface area contributed by atoms with Gasteiger partial charge in [0.25, 0.3) is 0 Å². The molecule has 0 heterocycles. The Morgan fingerprint density at radius 1 is 0.500 bits per heavy atom. The summed E-state index contributed by atoms with van der Waals surface area (Å²) in [5.74, 6) is 0. The Labute approximate surface area is 118 Å². The van der Waals surface area contributed by atoms with Crippen LogP contribution in [0.3, 0.4) is 0 Å². The third-order valence-corrected chi connectivity index (χ3v) is 0. The second-order valence-corrected chi connectivity index (χ2v) is 0.